The van der Waals surface area contributed by atoms with Crippen molar-refractivity contribution in [2.24, 2.45) is 10.4 Å². The van der Waals surface area contributed by atoms with E-state index >= 15 is 0 Å². The molecule has 152 valence electrons. The summed E-state index contributed by atoms with van der Waals surface area (Å²) in [6.07, 6.45) is 1.66. The van der Waals surface area contributed by atoms with Gasteiger partial charge in [0.05, 0.1) is 11.6 Å². The van der Waals surface area contributed by atoms with Gasteiger partial charge in [-0.05, 0) is 30.5 Å². The maximum absolute atomic E-state index is 9.33. The monoisotopic (exact) mass is 511 g/mol. The molecule has 2 aliphatic rings. The Bertz CT molecular complexity index is 654. The Morgan fingerprint density at radius 1 is 1.26 bits per heavy atom. The van der Waals surface area contributed by atoms with Crippen LogP contribution in [0.5, 0.6) is 11.5 Å². The SMILES string of the molecule is CN=C(NCc1cc(Cl)c2c(c1)OCCO2)NCC1(CCO)CCOC1.I. The third kappa shape index (κ3) is 5.75. The van der Waals surface area contributed by atoms with Crippen LogP contribution < -0.4 is 20.1 Å². The lowest BCUT2D eigenvalue weighted by Crippen LogP contribution is -2.44. The lowest BCUT2D eigenvalue weighted by molar-refractivity contribution is 0.127. The summed E-state index contributed by atoms with van der Waals surface area (Å²) in [6, 6.07) is 3.80. The minimum Gasteiger partial charge on any atom is -0.486 e. The van der Waals surface area contributed by atoms with E-state index in [0.29, 0.717) is 55.4 Å². The minimum absolute atomic E-state index is 0. The Morgan fingerprint density at radius 2 is 2.07 bits per heavy atom. The average Bonchev–Trinajstić information content (AvgIpc) is 3.11. The highest BCUT2D eigenvalue weighted by Gasteiger charge is 2.34. The van der Waals surface area contributed by atoms with E-state index in [2.05, 4.69) is 15.6 Å². The topological polar surface area (TPSA) is 84.3 Å². The van der Waals surface area contributed by atoms with Crippen LogP contribution in [0.25, 0.3) is 0 Å². The van der Waals surface area contributed by atoms with Crippen LogP contribution in [0.2, 0.25) is 5.02 Å². The molecule has 1 saturated heterocycles. The van der Waals surface area contributed by atoms with Crippen molar-refractivity contribution in [2.75, 3.05) is 46.6 Å². The van der Waals surface area contributed by atoms with Crippen LogP contribution in [0, 0.1) is 5.41 Å². The molecule has 0 spiro atoms. The summed E-state index contributed by atoms with van der Waals surface area (Å²) in [5.74, 6) is 1.98. The first-order valence-corrected chi connectivity index (χ1v) is 9.25. The van der Waals surface area contributed by atoms with Crippen molar-refractivity contribution in [3.8, 4) is 11.5 Å². The van der Waals surface area contributed by atoms with Gasteiger partial charge in [0.1, 0.15) is 13.2 Å². The van der Waals surface area contributed by atoms with E-state index < -0.39 is 0 Å². The predicted octanol–water partition coefficient (Wildman–Crippen LogP) is 2.18. The number of fused-ring (bicyclic) bond motifs is 1. The van der Waals surface area contributed by atoms with Crippen LogP contribution in [-0.4, -0.2) is 57.7 Å². The molecule has 0 radical (unpaired) electrons. The standard InChI is InChI=1S/C18H26ClN3O4.HI/c1-20-17(22-11-18(2-4-23)3-5-24-12-18)21-10-13-8-14(19)16-15(9-13)25-6-7-26-16;/h8-9,23H,2-7,10-12H2,1H3,(H2,20,21,22);1H. The molecule has 2 aliphatic heterocycles. The van der Waals surface area contributed by atoms with Crippen molar-refractivity contribution >= 4 is 41.5 Å². The van der Waals surface area contributed by atoms with Gasteiger partial charge < -0.3 is 30.0 Å². The van der Waals surface area contributed by atoms with Gasteiger partial charge in [-0.3, -0.25) is 4.99 Å². The summed E-state index contributed by atoms with van der Waals surface area (Å²) < 4.78 is 16.7. The largest absolute Gasteiger partial charge is 0.486 e. The molecule has 0 amide bonds. The van der Waals surface area contributed by atoms with E-state index in [1.165, 1.54) is 0 Å². The number of aliphatic imine (C=N–C) groups is 1. The second-order valence-electron chi connectivity index (χ2n) is 6.66. The molecular formula is C18H27ClIN3O4. The normalized spacial score (nSPS) is 21.5. The number of rotatable bonds is 6. The molecular weight excluding hydrogens is 485 g/mol. The third-order valence-electron chi connectivity index (χ3n) is 4.80. The van der Waals surface area contributed by atoms with Gasteiger partial charge in [0, 0.05) is 38.8 Å². The van der Waals surface area contributed by atoms with Crippen LogP contribution in [0.1, 0.15) is 18.4 Å². The molecule has 1 unspecified atom stereocenters. The number of guanidine groups is 1. The van der Waals surface area contributed by atoms with Gasteiger partial charge in [-0.15, -0.1) is 24.0 Å². The molecule has 1 atom stereocenters. The summed E-state index contributed by atoms with van der Waals surface area (Å²) >= 11 is 6.28. The molecule has 9 heteroatoms. The van der Waals surface area contributed by atoms with Gasteiger partial charge in [0.25, 0.3) is 0 Å². The Hall–Kier alpha value is -0.970. The van der Waals surface area contributed by atoms with Gasteiger partial charge in [-0.1, -0.05) is 11.6 Å². The molecule has 1 aromatic carbocycles. The predicted molar refractivity (Wildman–Crippen MR) is 116 cm³/mol. The number of benzene rings is 1. The zero-order valence-electron chi connectivity index (χ0n) is 15.4. The van der Waals surface area contributed by atoms with Crippen LogP contribution in [0.3, 0.4) is 0 Å². The number of nitrogens with one attached hydrogen (secondary N) is 2. The van der Waals surface area contributed by atoms with Crippen molar-refractivity contribution in [1.82, 2.24) is 10.6 Å². The van der Waals surface area contributed by atoms with E-state index in [1.807, 2.05) is 12.1 Å². The van der Waals surface area contributed by atoms with Crippen molar-refractivity contribution in [2.45, 2.75) is 19.4 Å². The number of aliphatic hydroxyl groups is 1. The minimum atomic E-state index is -0.0350. The van der Waals surface area contributed by atoms with Gasteiger partial charge in [0.15, 0.2) is 17.5 Å². The van der Waals surface area contributed by atoms with Gasteiger partial charge in [-0.2, -0.15) is 0 Å². The maximum Gasteiger partial charge on any atom is 0.191 e. The molecule has 0 aromatic heterocycles. The van der Waals surface area contributed by atoms with E-state index in [9.17, 15) is 5.11 Å². The summed E-state index contributed by atoms with van der Waals surface area (Å²) in [5, 5.41) is 16.5. The molecule has 2 heterocycles. The molecule has 27 heavy (non-hydrogen) atoms. The number of nitrogens with zero attached hydrogens (tertiary/aromatic N) is 1. The Balaban J connectivity index is 0.00000261. The Kier molecular flexibility index (Phi) is 8.71. The van der Waals surface area contributed by atoms with Crippen molar-refractivity contribution in [3.63, 3.8) is 0 Å². The second kappa shape index (κ2) is 10.5. The van der Waals surface area contributed by atoms with Crippen LogP contribution in [0.4, 0.5) is 0 Å². The maximum atomic E-state index is 9.33. The third-order valence-corrected chi connectivity index (χ3v) is 5.08. The molecule has 0 bridgehead atoms. The van der Waals surface area contributed by atoms with Crippen LogP contribution in [0.15, 0.2) is 17.1 Å². The lowest BCUT2D eigenvalue weighted by atomic mass is 9.84. The molecule has 3 N–H and O–H groups in total. The van der Waals surface area contributed by atoms with Crippen LogP contribution >= 0.6 is 35.6 Å². The average molecular weight is 512 g/mol. The van der Waals surface area contributed by atoms with Crippen LogP contribution in [-0.2, 0) is 11.3 Å². The van der Waals surface area contributed by atoms with Crippen molar-refractivity contribution in [3.05, 3.63) is 22.7 Å². The number of hydrogen-bond donors (Lipinski definition) is 3. The van der Waals surface area contributed by atoms with Gasteiger partial charge in [0.2, 0.25) is 0 Å². The van der Waals surface area contributed by atoms with E-state index in [0.717, 1.165) is 25.0 Å². The highest BCUT2D eigenvalue weighted by molar-refractivity contribution is 14.0. The summed E-state index contributed by atoms with van der Waals surface area (Å²) in [6.45, 7) is 3.86. The summed E-state index contributed by atoms with van der Waals surface area (Å²) in [5.41, 5.74) is 0.948. The zero-order chi connectivity index (χ0) is 18.4. The first kappa shape index (κ1) is 22.3. The first-order chi connectivity index (χ1) is 12.7. The number of ether oxygens (including phenoxy) is 3. The van der Waals surface area contributed by atoms with Crippen molar-refractivity contribution < 1.29 is 19.3 Å². The number of hydrogen-bond acceptors (Lipinski definition) is 5. The zero-order valence-corrected chi connectivity index (χ0v) is 18.5. The van der Waals surface area contributed by atoms with Gasteiger partial charge in [-0.25, -0.2) is 0 Å². The quantitative estimate of drug-likeness (QED) is 0.309. The highest BCUT2D eigenvalue weighted by atomic mass is 127. The molecule has 1 aromatic rings. The smallest absolute Gasteiger partial charge is 0.191 e. The fourth-order valence-corrected chi connectivity index (χ4v) is 3.54. The first-order valence-electron chi connectivity index (χ1n) is 8.87. The van der Waals surface area contributed by atoms with E-state index in [1.54, 1.807) is 7.05 Å². The molecule has 0 aliphatic carbocycles. The summed E-state index contributed by atoms with van der Waals surface area (Å²) in [4.78, 5) is 4.27. The second-order valence-corrected chi connectivity index (χ2v) is 7.06. The molecule has 3 rings (SSSR count). The number of halogens is 2. The Labute approximate surface area is 181 Å². The lowest BCUT2D eigenvalue weighted by Gasteiger charge is -2.27. The fraction of sp³-hybridized carbons (Fsp3) is 0.611. The van der Waals surface area contributed by atoms with E-state index in [-0.39, 0.29) is 36.0 Å². The molecule has 7 nitrogen and oxygen atoms in total. The molecule has 1 fully saturated rings. The van der Waals surface area contributed by atoms with E-state index in [4.69, 9.17) is 25.8 Å². The molecule has 0 saturated carbocycles. The fourth-order valence-electron chi connectivity index (χ4n) is 3.26. The number of aliphatic hydroxyl groups excluding tert-OH is 1. The van der Waals surface area contributed by atoms with Gasteiger partial charge >= 0.3 is 0 Å². The highest BCUT2D eigenvalue weighted by Crippen LogP contribution is 2.38. The van der Waals surface area contributed by atoms with Crippen molar-refractivity contribution in [1.29, 1.82) is 0 Å². The Morgan fingerprint density at radius 3 is 2.78 bits per heavy atom. The summed E-state index contributed by atoms with van der Waals surface area (Å²) in [7, 11) is 1.73.